The number of terminal acetylenes is 1. The van der Waals surface area contributed by atoms with Gasteiger partial charge in [0.2, 0.25) is 5.91 Å². The van der Waals surface area contributed by atoms with Crippen LogP contribution in [0.4, 0.5) is 4.79 Å². The summed E-state index contributed by atoms with van der Waals surface area (Å²) in [7, 11) is 0. The molecule has 3 N–H and O–H groups in total. The molecular weight excluding hydrogens is 420 g/mol. The predicted molar refractivity (Wildman–Crippen MR) is 124 cm³/mol. The van der Waals surface area contributed by atoms with Gasteiger partial charge in [-0.1, -0.05) is 62.4 Å². The summed E-state index contributed by atoms with van der Waals surface area (Å²) in [4.78, 5) is 36.6. The minimum atomic E-state index is -1.14. The number of amides is 2. The Labute approximate surface area is 193 Å². The number of benzene rings is 2. The largest absolute Gasteiger partial charge is 0.480 e. The third-order valence-corrected chi connectivity index (χ3v) is 5.60. The van der Waals surface area contributed by atoms with Crippen LogP contribution in [0.3, 0.4) is 0 Å². The highest BCUT2D eigenvalue weighted by molar-refractivity contribution is 5.89. The topological polar surface area (TPSA) is 105 Å². The monoisotopic (exact) mass is 448 g/mol. The predicted octanol–water partition coefficient (Wildman–Crippen LogP) is 3.53. The molecule has 0 bridgehead atoms. The van der Waals surface area contributed by atoms with Crippen LogP contribution in [0, 0.1) is 18.3 Å². The first-order valence-corrected chi connectivity index (χ1v) is 10.9. The van der Waals surface area contributed by atoms with Crippen LogP contribution >= 0.6 is 0 Å². The second kappa shape index (κ2) is 10.7. The molecule has 2 atom stereocenters. The maximum Gasteiger partial charge on any atom is 0.407 e. The molecular formula is C26H28N2O5. The molecule has 1 unspecified atom stereocenters. The smallest absolute Gasteiger partial charge is 0.407 e. The maximum absolute atomic E-state index is 12.6. The second-order valence-electron chi connectivity index (χ2n) is 8.46. The first-order chi connectivity index (χ1) is 15.8. The molecule has 1 aliphatic rings. The summed E-state index contributed by atoms with van der Waals surface area (Å²) in [5, 5.41) is 14.3. The highest BCUT2D eigenvalue weighted by Gasteiger charge is 2.30. The van der Waals surface area contributed by atoms with Crippen molar-refractivity contribution in [2.24, 2.45) is 5.92 Å². The van der Waals surface area contributed by atoms with Gasteiger partial charge in [-0.25, -0.2) is 9.59 Å². The summed E-state index contributed by atoms with van der Waals surface area (Å²) in [6.45, 7) is 3.81. The van der Waals surface area contributed by atoms with Crippen molar-refractivity contribution >= 4 is 18.0 Å². The molecule has 172 valence electrons. The fourth-order valence-corrected chi connectivity index (χ4v) is 4.07. The van der Waals surface area contributed by atoms with Crippen molar-refractivity contribution in [2.75, 3.05) is 6.61 Å². The fourth-order valence-electron chi connectivity index (χ4n) is 4.07. The number of carbonyl (C=O) groups is 3. The third kappa shape index (κ3) is 5.72. The van der Waals surface area contributed by atoms with Crippen molar-refractivity contribution in [2.45, 2.75) is 44.7 Å². The molecule has 33 heavy (non-hydrogen) atoms. The molecule has 7 heteroatoms. The van der Waals surface area contributed by atoms with Gasteiger partial charge in [0.25, 0.3) is 0 Å². The summed E-state index contributed by atoms with van der Waals surface area (Å²) in [5.41, 5.74) is 4.36. The fraction of sp³-hybridized carbons (Fsp3) is 0.346. The molecule has 0 spiro atoms. The first kappa shape index (κ1) is 23.9. The lowest BCUT2D eigenvalue weighted by molar-refractivity contribution is -0.142. The Hall–Kier alpha value is -3.79. The molecule has 3 rings (SSSR count). The van der Waals surface area contributed by atoms with Gasteiger partial charge in [-0.15, -0.1) is 12.3 Å². The summed E-state index contributed by atoms with van der Waals surface area (Å²) in [6.07, 6.45) is 4.73. The average Bonchev–Trinajstić information content (AvgIpc) is 3.10. The van der Waals surface area contributed by atoms with Crippen LogP contribution in [0.25, 0.3) is 11.1 Å². The Morgan fingerprint density at radius 3 is 2.09 bits per heavy atom. The lowest BCUT2D eigenvalue weighted by Crippen LogP contribution is -2.52. The van der Waals surface area contributed by atoms with E-state index < -0.39 is 30.1 Å². The van der Waals surface area contributed by atoms with E-state index in [9.17, 15) is 19.5 Å². The van der Waals surface area contributed by atoms with E-state index in [4.69, 9.17) is 11.2 Å². The molecule has 2 amide bonds. The summed E-state index contributed by atoms with van der Waals surface area (Å²) < 4.78 is 5.47. The first-order valence-electron chi connectivity index (χ1n) is 10.9. The van der Waals surface area contributed by atoms with Gasteiger partial charge in [0.1, 0.15) is 18.7 Å². The van der Waals surface area contributed by atoms with Gasteiger partial charge >= 0.3 is 12.1 Å². The number of ether oxygens (including phenoxy) is 1. The number of hydrogen-bond acceptors (Lipinski definition) is 4. The zero-order valence-electron chi connectivity index (χ0n) is 18.7. The van der Waals surface area contributed by atoms with Gasteiger partial charge in [-0.3, -0.25) is 4.79 Å². The van der Waals surface area contributed by atoms with Crippen molar-refractivity contribution in [3.05, 3.63) is 59.7 Å². The molecule has 0 fully saturated rings. The van der Waals surface area contributed by atoms with Crippen LogP contribution in [0.5, 0.6) is 0 Å². The summed E-state index contributed by atoms with van der Waals surface area (Å²) in [5.74, 6) is 0.486. The number of aliphatic carboxylic acids is 1. The van der Waals surface area contributed by atoms with E-state index >= 15 is 0 Å². The van der Waals surface area contributed by atoms with Gasteiger partial charge in [-0.05, 0) is 34.6 Å². The van der Waals surface area contributed by atoms with E-state index in [2.05, 4.69) is 16.6 Å². The lowest BCUT2D eigenvalue weighted by atomic mass is 9.98. The Bertz CT molecular complexity index is 1030. The lowest BCUT2D eigenvalue weighted by Gasteiger charge is -2.21. The van der Waals surface area contributed by atoms with Gasteiger partial charge in [0.05, 0.1) is 0 Å². The molecule has 0 aliphatic heterocycles. The van der Waals surface area contributed by atoms with E-state index in [0.717, 1.165) is 22.3 Å². The molecule has 2 aromatic carbocycles. The molecule has 0 saturated heterocycles. The third-order valence-electron chi connectivity index (χ3n) is 5.60. The number of carboxylic acids is 1. The van der Waals surface area contributed by atoms with Gasteiger partial charge in [-0.2, -0.15) is 0 Å². The SMILES string of the molecule is C#CCC(NC(=O)OCC1c2ccccc2-c2ccccc21)C(=O)N[C@@H](CC(C)C)C(=O)O. The van der Waals surface area contributed by atoms with Crippen LogP contribution in [-0.2, 0) is 14.3 Å². The number of carbonyl (C=O) groups excluding carboxylic acids is 2. The Balaban J connectivity index is 1.64. The van der Waals surface area contributed by atoms with Crippen molar-refractivity contribution in [1.29, 1.82) is 0 Å². The van der Waals surface area contributed by atoms with Crippen LogP contribution in [0.15, 0.2) is 48.5 Å². The summed E-state index contributed by atoms with van der Waals surface area (Å²) >= 11 is 0. The molecule has 0 aromatic heterocycles. The van der Waals surface area contributed by atoms with E-state index in [1.54, 1.807) is 0 Å². The van der Waals surface area contributed by atoms with E-state index in [0.29, 0.717) is 0 Å². The van der Waals surface area contributed by atoms with Crippen molar-refractivity contribution in [1.82, 2.24) is 10.6 Å². The normalized spacial score (nSPS) is 13.9. The number of carboxylic acid groups (broad SMARTS) is 1. The highest BCUT2D eigenvalue weighted by atomic mass is 16.5. The Kier molecular flexibility index (Phi) is 7.73. The molecule has 0 radical (unpaired) electrons. The number of nitrogens with one attached hydrogen (secondary N) is 2. The number of fused-ring (bicyclic) bond motifs is 3. The van der Waals surface area contributed by atoms with Crippen molar-refractivity contribution in [3.63, 3.8) is 0 Å². The highest BCUT2D eigenvalue weighted by Crippen LogP contribution is 2.44. The summed E-state index contributed by atoms with van der Waals surface area (Å²) in [6, 6.07) is 13.8. The number of rotatable bonds is 9. The molecule has 0 heterocycles. The van der Waals surface area contributed by atoms with Crippen LogP contribution < -0.4 is 10.6 Å². The molecule has 1 aliphatic carbocycles. The minimum absolute atomic E-state index is 0.0626. The molecule has 2 aromatic rings. The molecule has 7 nitrogen and oxygen atoms in total. The van der Waals surface area contributed by atoms with Crippen LogP contribution in [0.2, 0.25) is 0 Å². The number of alkyl carbamates (subject to hydrolysis) is 1. The van der Waals surface area contributed by atoms with Gasteiger partial charge < -0.3 is 20.5 Å². The molecule has 0 saturated carbocycles. The van der Waals surface area contributed by atoms with Gasteiger partial charge in [0.15, 0.2) is 0 Å². The zero-order valence-corrected chi connectivity index (χ0v) is 18.7. The number of hydrogen-bond donors (Lipinski definition) is 3. The second-order valence-corrected chi connectivity index (χ2v) is 8.46. The standard InChI is InChI=1S/C26H28N2O5/c1-4-9-22(24(29)27-23(25(30)31)14-16(2)3)28-26(32)33-15-21-19-12-7-5-10-17(19)18-11-6-8-13-20(18)21/h1,5-8,10-13,16,21-23H,9,14-15H2,2-3H3,(H,27,29)(H,28,32)(H,30,31)/t22?,23-/m0/s1. The van der Waals surface area contributed by atoms with Crippen LogP contribution in [0.1, 0.15) is 43.7 Å². The van der Waals surface area contributed by atoms with Gasteiger partial charge in [0, 0.05) is 12.3 Å². The van der Waals surface area contributed by atoms with Crippen LogP contribution in [-0.4, -0.2) is 41.8 Å². The van der Waals surface area contributed by atoms with Crippen molar-refractivity contribution in [3.8, 4) is 23.5 Å². The van der Waals surface area contributed by atoms with Crippen molar-refractivity contribution < 1.29 is 24.2 Å². The quantitative estimate of drug-likeness (QED) is 0.509. The Morgan fingerprint density at radius 1 is 1.00 bits per heavy atom. The maximum atomic E-state index is 12.6. The van der Waals surface area contributed by atoms with E-state index in [1.807, 2.05) is 62.4 Å². The average molecular weight is 449 g/mol. The Morgan fingerprint density at radius 2 is 1.58 bits per heavy atom. The van der Waals surface area contributed by atoms with E-state index in [1.165, 1.54) is 0 Å². The van der Waals surface area contributed by atoms with E-state index in [-0.39, 0.29) is 31.3 Å². The zero-order chi connectivity index (χ0) is 24.0. The minimum Gasteiger partial charge on any atom is -0.480 e.